The number of hydrogen-bond donors (Lipinski definition) is 3. The number of nitro groups is 1. The number of carbonyl (C=O) groups is 2. The molecule has 30 heavy (non-hydrogen) atoms. The van der Waals surface area contributed by atoms with Crippen LogP contribution >= 0.6 is 0 Å². The van der Waals surface area contributed by atoms with Gasteiger partial charge in [0.1, 0.15) is 0 Å². The lowest BCUT2D eigenvalue weighted by atomic mass is 10.0. The number of non-ortho nitro benzene ring substituents is 1. The molecule has 0 aromatic heterocycles. The minimum Gasteiger partial charge on any atom is -0.449 e. The monoisotopic (exact) mass is 415 g/mol. The van der Waals surface area contributed by atoms with Crippen molar-refractivity contribution in [2.45, 2.75) is 33.8 Å². The summed E-state index contributed by atoms with van der Waals surface area (Å²) >= 11 is 0. The number of anilines is 2. The fraction of sp³-hybridized carbons (Fsp3) is 0.333. The van der Waals surface area contributed by atoms with Crippen LogP contribution in [0.1, 0.15) is 34.0 Å². The summed E-state index contributed by atoms with van der Waals surface area (Å²) in [5, 5.41) is 25.6. The minimum atomic E-state index is -1.14. The van der Waals surface area contributed by atoms with Gasteiger partial charge in [-0.3, -0.25) is 14.9 Å². The third kappa shape index (κ3) is 5.54. The number of nitro benzene ring substituents is 1. The number of nitrogens with one attached hydrogen (secondary N) is 2. The SMILES string of the molecule is Cc1cc(C)c(NC(=O)C(C)OC(=O)c2cc([N+](=O)[O-])ccc2NCCO)c(C)c1. The van der Waals surface area contributed by atoms with Gasteiger partial charge in [-0.05, 0) is 44.9 Å². The number of aryl methyl sites for hydroxylation is 3. The van der Waals surface area contributed by atoms with E-state index >= 15 is 0 Å². The molecule has 0 aliphatic carbocycles. The Labute approximate surface area is 174 Å². The van der Waals surface area contributed by atoms with Crippen LogP contribution < -0.4 is 10.6 Å². The highest BCUT2D eigenvalue weighted by atomic mass is 16.6. The molecule has 0 aliphatic rings. The number of carbonyl (C=O) groups excluding carboxylic acids is 2. The van der Waals surface area contributed by atoms with Crippen LogP contribution in [0.25, 0.3) is 0 Å². The van der Waals surface area contributed by atoms with Crippen LogP contribution in [0, 0.1) is 30.9 Å². The van der Waals surface area contributed by atoms with E-state index in [1.165, 1.54) is 19.1 Å². The summed E-state index contributed by atoms with van der Waals surface area (Å²) in [6.45, 7) is 7.06. The van der Waals surface area contributed by atoms with Crippen LogP contribution in [0.15, 0.2) is 30.3 Å². The molecule has 0 saturated carbocycles. The van der Waals surface area contributed by atoms with E-state index in [0.29, 0.717) is 5.69 Å². The molecule has 2 aromatic rings. The summed E-state index contributed by atoms with van der Waals surface area (Å²) < 4.78 is 5.25. The van der Waals surface area contributed by atoms with E-state index in [-0.39, 0.29) is 30.1 Å². The Morgan fingerprint density at radius 1 is 1.17 bits per heavy atom. The van der Waals surface area contributed by atoms with Crippen LogP contribution in [0.2, 0.25) is 0 Å². The zero-order valence-corrected chi connectivity index (χ0v) is 17.3. The van der Waals surface area contributed by atoms with Crippen LogP contribution in [0.3, 0.4) is 0 Å². The second kappa shape index (κ2) is 9.84. The Morgan fingerprint density at radius 2 is 1.80 bits per heavy atom. The maximum Gasteiger partial charge on any atom is 0.341 e. The first-order valence-corrected chi connectivity index (χ1v) is 9.37. The number of amides is 1. The molecular formula is C21H25N3O6. The Bertz CT molecular complexity index is 950. The average Bonchev–Trinajstić information content (AvgIpc) is 2.68. The van der Waals surface area contributed by atoms with E-state index < -0.39 is 22.9 Å². The van der Waals surface area contributed by atoms with Crippen molar-refractivity contribution in [1.29, 1.82) is 0 Å². The van der Waals surface area contributed by atoms with Crippen molar-refractivity contribution >= 4 is 28.9 Å². The van der Waals surface area contributed by atoms with Gasteiger partial charge >= 0.3 is 5.97 Å². The van der Waals surface area contributed by atoms with Gasteiger partial charge in [-0.1, -0.05) is 17.7 Å². The number of nitrogens with zero attached hydrogens (tertiary/aromatic N) is 1. The number of aliphatic hydroxyl groups excluding tert-OH is 1. The summed E-state index contributed by atoms with van der Waals surface area (Å²) in [7, 11) is 0. The number of aliphatic hydroxyl groups is 1. The molecule has 0 bridgehead atoms. The quantitative estimate of drug-likeness (QED) is 0.343. The topological polar surface area (TPSA) is 131 Å². The Balaban J connectivity index is 2.19. The van der Waals surface area contributed by atoms with E-state index in [4.69, 9.17) is 9.84 Å². The highest BCUT2D eigenvalue weighted by Crippen LogP contribution is 2.25. The largest absolute Gasteiger partial charge is 0.449 e. The van der Waals surface area contributed by atoms with Crippen LogP contribution in [0.5, 0.6) is 0 Å². The smallest absolute Gasteiger partial charge is 0.341 e. The fourth-order valence-electron chi connectivity index (χ4n) is 3.04. The van der Waals surface area contributed by atoms with Crippen LogP contribution in [-0.2, 0) is 9.53 Å². The van der Waals surface area contributed by atoms with Crippen molar-refractivity contribution in [3.05, 3.63) is 62.7 Å². The van der Waals surface area contributed by atoms with E-state index in [1.807, 2.05) is 32.9 Å². The molecule has 0 radical (unpaired) electrons. The van der Waals surface area contributed by atoms with Gasteiger partial charge in [-0.15, -0.1) is 0 Å². The van der Waals surface area contributed by atoms with Gasteiger partial charge < -0.3 is 20.5 Å². The maximum absolute atomic E-state index is 12.6. The van der Waals surface area contributed by atoms with Gasteiger partial charge in [0.15, 0.2) is 6.10 Å². The lowest BCUT2D eigenvalue weighted by molar-refractivity contribution is -0.384. The van der Waals surface area contributed by atoms with Crippen molar-refractivity contribution in [3.8, 4) is 0 Å². The molecule has 1 atom stereocenters. The molecule has 1 unspecified atom stereocenters. The van der Waals surface area contributed by atoms with Crippen molar-refractivity contribution in [1.82, 2.24) is 0 Å². The van der Waals surface area contributed by atoms with Crippen molar-refractivity contribution in [2.75, 3.05) is 23.8 Å². The normalized spacial score (nSPS) is 11.5. The van der Waals surface area contributed by atoms with Crippen molar-refractivity contribution < 1.29 is 24.4 Å². The highest BCUT2D eigenvalue weighted by Gasteiger charge is 2.24. The van der Waals surface area contributed by atoms with E-state index in [0.717, 1.165) is 22.8 Å². The van der Waals surface area contributed by atoms with E-state index in [1.54, 1.807) is 0 Å². The molecular weight excluding hydrogens is 390 g/mol. The van der Waals surface area contributed by atoms with Crippen LogP contribution in [-0.4, -0.2) is 41.2 Å². The Morgan fingerprint density at radius 3 is 2.37 bits per heavy atom. The second-order valence-electron chi connectivity index (χ2n) is 6.95. The van der Waals surface area contributed by atoms with Gasteiger partial charge in [0, 0.05) is 30.1 Å². The summed E-state index contributed by atoms with van der Waals surface area (Å²) in [4.78, 5) is 35.6. The zero-order valence-electron chi connectivity index (χ0n) is 17.3. The first-order valence-electron chi connectivity index (χ1n) is 9.37. The molecule has 0 spiro atoms. The predicted molar refractivity (Wildman–Crippen MR) is 113 cm³/mol. The number of benzene rings is 2. The van der Waals surface area contributed by atoms with E-state index in [9.17, 15) is 19.7 Å². The number of hydrogen-bond acceptors (Lipinski definition) is 7. The number of esters is 1. The molecule has 0 heterocycles. The van der Waals surface area contributed by atoms with E-state index in [2.05, 4.69) is 10.6 Å². The van der Waals surface area contributed by atoms with Crippen LogP contribution in [0.4, 0.5) is 17.1 Å². The molecule has 0 aliphatic heterocycles. The fourth-order valence-corrected chi connectivity index (χ4v) is 3.04. The lowest BCUT2D eigenvalue weighted by Crippen LogP contribution is -2.30. The molecule has 2 rings (SSSR count). The molecule has 9 nitrogen and oxygen atoms in total. The first kappa shape index (κ1) is 22.8. The summed E-state index contributed by atoms with van der Waals surface area (Å²) in [6, 6.07) is 7.52. The molecule has 0 fully saturated rings. The number of rotatable bonds is 8. The molecule has 0 saturated heterocycles. The van der Waals surface area contributed by atoms with Crippen molar-refractivity contribution in [3.63, 3.8) is 0 Å². The van der Waals surface area contributed by atoms with Crippen molar-refractivity contribution in [2.24, 2.45) is 0 Å². The van der Waals surface area contributed by atoms with Gasteiger partial charge in [0.05, 0.1) is 17.1 Å². The van der Waals surface area contributed by atoms with Gasteiger partial charge in [0.2, 0.25) is 0 Å². The van der Waals surface area contributed by atoms with Gasteiger partial charge in [-0.25, -0.2) is 4.79 Å². The third-order valence-corrected chi connectivity index (χ3v) is 4.44. The molecule has 9 heteroatoms. The Kier molecular flexibility index (Phi) is 7.48. The average molecular weight is 415 g/mol. The predicted octanol–water partition coefficient (Wildman–Crippen LogP) is 3.11. The van der Waals surface area contributed by atoms with Gasteiger partial charge in [-0.2, -0.15) is 0 Å². The zero-order chi connectivity index (χ0) is 22.4. The lowest BCUT2D eigenvalue weighted by Gasteiger charge is -2.18. The molecule has 160 valence electrons. The number of ether oxygens (including phenoxy) is 1. The Hall–Kier alpha value is -3.46. The molecule has 2 aromatic carbocycles. The summed E-state index contributed by atoms with van der Waals surface area (Å²) in [5.74, 6) is -1.41. The minimum absolute atomic E-state index is 0.0972. The first-order chi connectivity index (χ1) is 14.1. The molecule has 3 N–H and O–H groups in total. The maximum atomic E-state index is 12.6. The summed E-state index contributed by atoms with van der Waals surface area (Å²) in [5.41, 5.74) is 3.35. The molecule has 1 amide bonds. The summed E-state index contributed by atoms with van der Waals surface area (Å²) in [6.07, 6.45) is -1.14. The van der Waals surface area contributed by atoms with Gasteiger partial charge in [0.25, 0.3) is 11.6 Å². The third-order valence-electron chi connectivity index (χ3n) is 4.44. The highest BCUT2D eigenvalue weighted by molar-refractivity contribution is 6.00. The second-order valence-corrected chi connectivity index (χ2v) is 6.95. The standard InChI is InChI=1S/C21H25N3O6/c1-12-9-13(2)19(14(3)10-12)23-20(26)15(4)30-21(27)17-11-16(24(28)29)5-6-18(17)22-7-8-25/h5-6,9-11,15,22,25H,7-8H2,1-4H3,(H,23,26).